The summed E-state index contributed by atoms with van der Waals surface area (Å²) in [6.45, 7) is 5.45. The van der Waals surface area contributed by atoms with Crippen molar-refractivity contribution in [3.05, 3.63) is 35.9 Å². The van der Waals surface area contributed by atoms with E-state index in [1.54, 1.807) is 0 Å². The Morgan fingerprint density at radius 3 is 2.23 bits per heavy atom. The van der Waals surface area contributed by atoms with E-state index in [-0.39, 0.29) is 18.2 Å². The number of ether oxygens (including phenoxy) is 4. The van der Waals surface area contributed by atoms with Crippen LogP contribution in [0.25, 0.3) is 0 Å². The minimum absolute atomic E-state index is 0.0975. The molecule has 0 bridgehead atoms. The van der Waals surface area contributed by atoms with Crippen LogP contribution in [0.5, 0.6) is 0 Å². The number of rotatable bonds is 8. The van der Waals surface area contributed by atoms with Crippen molar-refractivity contribution < 1.29 is 28.5 Å². The molecule has 9 unspecified atom stereocenters. The maximum atomic E-state index is 11.9. The zero-order valence-electron chi connectivity index (χ0n) is 21.0. The molecule has 1 saturated heterocycles. The van der Waals surface area contributed by atoms with Gasteiger partial charge in [0.15, 0.2) is 26.5 Å². The van der Waals surface area contributed by atoms with Gasteiger partial charge in [0.05, 0.1) is 12.1 Å². The number of hydrogen-bond donors (Lipinski definition) is 3. The third kappa shape index (κ3) is 7.25. The normalized spacial score (nSPS) is 34.3. The van der Waals surface area contributed by atoms with E-state index in [2.05, 4.69) is 31.8 Å². The molecule has 1 aromatic carbocycles. The second kappa shape index (κ2) is 12.3. The van der Waals surface area contributed by atoms with Gasteiger partial charge in [0.2, 0.25) is 0 Å². The molecule has 6 N–H and O–H groups in total. The molecule has 10 nitrogen and oxygen atoms in total. The van der Waals surface area contributed by atoms with Crippen molar-refractivity contribution in [1.82, 2.24) is 4.81 Å². The van der Waals surface area contributed by atoms with Gasteiger partial charge in [-0.2, -0.15) is 0 Å². The van der Waals surface area contributed by atoms with E-state index < -0.39 is 48.6 Å². The molecular formula is C24H39BN4O6. The van der Waals surface area contributed by atoms with Crippen LogP contribution < -0.4 is 17.2 Å². The van der Waals surface area contributed by atoms with E-state index in [0.717, 1.165) is 13.0 Å². The number of esters is 2. The predicted molar refractivity (Wildman–Crippen MR) is 132 cm³/mol. The summed E-state index contributed by atoms with van der Waals surface area (Å²) in [5.41, 5.74) is 20.2. The molecule has 1 aliphatic carbocycles. The lowest BCUT2D eigenvalue weighted by atomic mass is 9.84. The summed E-state index contributed by atoms with van der Waals surface area (Å²) in [4.78, 5) is 25.8. The monoisotopic (exact) mass is 490 g/mol. The predicted octanol–water partition coefficient (Wildman–Crippen LogP) is -0.435. The molecule has 1 aliphatic heterocycles. The van der Waals surface area contributed by atoms with Gasteiger partial charge in [-0.25, -0.2) is 0 Å². The largest absolute Gasteiger partial charge is 0.457 e. The van der Waals surface area contributed by atoms with Crippen LogP contribution in [0.2, 0.25) is 0 Å². The van der Waals surface area contributed by atoms with Crippen molar-refractivity contribution in [3.8, 4) is 0 Å². The smallest absolute Gasteiger partial charge is 0.303 e. The molecule has 11 heteroatoms. The van der Waals surface area contributed by atoms with Crippen molar-refractivity contribution >= 4 is 19.9 Å². The lowest BCUT2D eigenvalue weighted by Crippen LogP contribution is -2.65. The standard InChI is InChI=1S/C24H39BN4O6/c1-13(29(25)12-16-7-5-4-6-8-16)20-10-9-17(26)24(34-20)35-22-19(28)11-18(27)21(32-14(2)30)23(22)33-15(3)31/h4-8,13,17-24H,9-12,25-28H2,1-3H3. The zero-order valence-corrected chi connectivity index (χ0v) is 21.0. The molecule has 2 fully saturated rings. The Morgan fingerprint density at radius 2 is 1.60 bits per heavy atom. The summed E-state index contributed by atoms with van der Waals surface area (Å²) in [5, 5.41) is 0. The Kier molecular flexibility index (Phi) is 9.68. The van der Waals surface area contributed by atoms with E-state index in [1.807, 2.05) is 18.2 Å². The number of nitrogens with zero attached hydrogens (tertiary/aromatic N) is 1. The first kappa shape index (κ1) is 27.6. The topological polar surface area (TPSA) is 152 Å². The number of carbonyl (C=O) groups is 2. The Hall–Kier alpha value is -2.02. The summed E-state index contributed by atoms with van der Waals surface area (Å²) in [6.07, 6.45) is -1.72. The van der Waals surface area contributed by atoms with Crippen molar-refractivity contribution in [2.24, 2.45) is 17.2 Å². The molecule has 0 radical (unpaired) electrons. The molecule has 194 valence electrons. The molecule has 1 aromatic rings. The van der Waals surface area contributed by atoms with Crippen molar-refractivity contribution in [3.63, 3.8) is 0 Å². The second-order valence-electron chi connectivity index (χ2n) is 9.74. The van der Waals surface area contributed by atoms with Gasteiger partial charge in [0, 0.05) is 38.5 Å². The Bertz CT molecular complexity index is 849. The lowest BCUT2D eigenvalue weighted by molar-refractivity contribution is -0.263. The van der Waals surface area contributed by atoms with E-state index >= 15 is 0 Å². The molecule has 1 heterocycles. The number of nitrogens with two attached hydrogens (primary N) is 3. The van der Waals surface area contributed by atoms with Gasteiger partial charge in [0.25, 0.3) is 0 Å². The molecule has 3 rings (SSSR count). The van der Waals surface area contributed by atoms with Crippen molar-refractivity contribution in [1.29, 1.82) is 0 Å². The zero-order chi connectivity index (χ0) is 25.7. The average Bonchev–Trinajstić information content (AvgIpc) is 2.79. The van der Waals surface area contributed by atoms with Gasteiger partial charge in [0.1, 0.15) is 6.10 Å². The van der Waals surface area contributed by atoms with Crippen LogP contribution in [0.4, 0.5) is 0 Å². The van der Waals surface area contributed by atoms with Gasteiger partial charge in [-0.05, 0) is 31.7 Å². The summed E-state index contributed by atoms with van der Waals surface area (Å²) >= 11 is 0. The fourth-order valence-electron chi connectivity index (χ4n) is 4.88. The van der Waals surface area contributed by atoms with Crippen molar-refractivity contribution in [2.45, 2.75) is 101 Å². The fourth-order valence-corrected chi connectivity index (χ4v) is 4.88. The number of hydrogen-bond acceptors (Lipinski definition) is 10. The quantitative estimate of drug-likeness (QED) is 0.323. The van der Waals surface area contributed by atoms with Gasteiger partial charge < -0.3 is 41.0 Å². The Morgan fingerprint density at radius 1 is 1.00 bits per heavy atom. The fraction of sp³-hybridized carbons (Fsp3) is 0.667. The van der Waals surface area contributed by atoms with Crippen LogP contribution in [-0.2, 0) is 35.1 Å². The third-order valence-electron chi connectivity index (χ3n) is 6.88. The highest BCUT2D eigenvalue weighted by molar-refractivity contribution is 6.04. The molecule has 9 atom stereocenters. The average molecular weight is 490 g/mol. The first-order valence-electron chi connectivity index (χ1n) is 12.2. The van der Waals surface area contributed by atoms with Gasteiger partial charge in [-0.1, -0.05) is 30.3 Å². The third-order valence-corrected chi connectivity index (χ3v) is 6.88. The van der Waals surface area contributed by atoms with Crippen LogP contribution in [-0.4, -0.2) is 79.6 Å². The van der Waals surface area contributed by atoms with E-state index in [4.69, 9.17) is 36.1 Å². The SMILES string of the molecule is BN(Cc1ccccc1)C(C)C1CCC(N)C(OC2C(N)CC(N)C(OC(C)=O)C2OC(C)=O)O1. The highest BCUT2D eigenvalue weighted by Crippen LogP contribution is 2.31. The van der Waals surface area contributed by atoms with Gasteiger partial charge in [-0.3, -0.25) is 9.59 Å². The Balaban J connectivity index is 1.71. The minimum Gasteiger partial charge on any atom is -0.457 e. The van der Waals surface area contributed by atoms with Gasteiger partial charge in [-0.15, -0.1) is 0 Å². The second-order valence-corrected chi connectivity index (χ2v) is 9.74. The summed E-state index contributed by atoms with van der Waals surface area (Å²) < 4.78 is 23.5. The van der Waals surface area contributed by atoms with Gasteiger partial charge >= 0.3 is 11.9 Å². The minimum atomic E-state index is -0.968. The summed E-state index contributed by atoms with van der Waals surface area (Å²) in [7, 11) is 2.06. The van der Waals surface area contributed by atoms with Crippen LogP contribution in [0.1, 0.15) is 45.6 Å². The first-order valence-corrected chi connectivity index (χ1v) is 12.2. The summed E-state index contributed by atoms with van der Waals surface area (Å²) in [5.74, 6) is -1.08. The van der Waals surface area contributed by atoms with Crippen LogP contribution in [0, 0.1) is 0 Å². The number of benzene rings is 1. The summed E-state index contributed by atoms with van der Waals surface area (Å²) in [6, 6.07) is 8.79. The highest BCUT2D eigenvalue weighted by atomic mass is 16.7. The maximum Gasteiger partial charge on any atom is 0.303 e. The molecule has 1 saturated carbocycles. The van der Waals surface area contributed by atoms with E-state index in [1.165, 1.54) is 19.4 Å². The van der Waals surface area contributed by atoms with Crippen LogP contribution in [0.3, 0.4) is 0 Å². The van der Waals surface area contributed by atoms with E-state index in [0.29, 0.717) is 12.8 Å². The molecule has 0 spiro atoms. The molecule has 0 aromatic heterocycles. The Labute approximate surface area is 208 Å². The maximum absolute atomic E-state index is 11.9. The first-order chi connectivity index (χ1) is 16.6. The van der Waals surface area contributed by atoms with Crippen molar-refractivity contribution in [2.75, 3.05) is 0 Å². The highest BCUT2D eigenvalue weighted by Gasteiger charge is 2.49. The van der Waals surface area contributed by atoms with E-state index in [9.17, 15) is 9.59 Å². The lowest BCUT2D eigenvalue weighted by Gasteiger charge is -2.46. The molecule has 35 heavy (non-hydrogen) atoms. The molecular weight excluding hydrogens is 451 g/mol. The van der Waals surface area contributed by atoms with Crippen LogP contribution in [0.15, 0.2) is 30.3 Å². The number of carbonyl (C=O) groups excluding carboxylic acids is 2. The molecule has 0 amide bonds. The molecule has 2 aliphatic rings. The van der Waals surface area contributed by atoms with Crippen LogP contribution >= 0.6 is 0 Å².